The van der Waals surface area contributed by atoms with Crippen LogP contribution in [0.3, 0.4) is 0 Å². The van der Waals surface area contributed by atoms with Crippen LogP contribution in [0.15, 0.2) is 42.5 Å². The van der Waals surface area contributed by atoms with Gasteiger partial charge < -0.3 is 10.4 Å². The fourth-order valence-electron chi connectivity index (χ4n) is 3.05. The van der Waals surface area contributed by atoms with E-state index < -0.39 is 5.97 Å². The molecule has 3 rings (SSSR count). The van der Waals surface area contributed by atoms with Crippen LogP contribution in [0.25, 0.3) is 0 Å². The molecule has 0 aliphatic heterocycles. The second-order valence-electron chi connectivity index (χ2n) is 5.69. The molecule has 0 saturated carbocycles. The molecule has 3 nitrogen and oxygen atoms in total. The minimum Gasteiger partial charge on any atom is -0.478 e. The summed E-state index contributed by atoms with van der Waals surface area (Å²) in [5.41, 5.74) is 5.04. The van der Waals surface area contributed by atoms with Gasteiger partial charge in [0.2, 0.25) is 0 Å². The Kier molecular flexibility index (Phi) is 3.65. The predicted octanol–water partition coefficient (Wildman–Crippen LogP) is 3.66. The van der Waals surface area contributed by atoms with Crippen LogP contribution in [0.1, 0.15) is 33.5 Å². The fourth-order valence-corrected chi connectivity index (χ4v) is 3.05. The van der Waals surface area contributed by atoms with Gasteiger partial charge in [-0.1, -0.05) is 24.3 Å². The molecule has 1 unspecified atom stereocenters. The molecule has 1 atom stereocenters. The Morgan fingerprint density at radius 1 is 1.19 bits per heavy atom. The second kappa shape index (κ2) is 5.60. The van der Waals surface area contributed by atoms with E-state index in [-0.39, 0.29) is 0 Å². The predicted molar refractivity (Wildman–Crippen MR) is 84.0 cm³/mol. The summed E-state index contributed by atoms with van der Waals surface area (Å²) in [6.07, 6.45) is 3.23. The summed E-state index contributed by atoms with van der Waals surface area (Å²) in [4.78, 5) is 11.0. The molecule has 0 bridgehead atoms. The molecule has 0 radical (unpaired) electrons. The van der Waals surface area contributed by atoms with E-state index in [1.807, 2.05) is 19.1 Å². The molecule has 1 aliphatic carbocycles. The van der Waals surface area contributed by atoms with E-state index in [0.717, 1.165) is 30.5 Å². The highest BCUT2D eigenvalue weighted by Crippen LogP contribution is 2.24. The zero-order chi connectivity index (χ0) is 14.8. The lowest BCUT2D eigenvalue weighted by Gasteiger charge is -2.26. The normalized spacial score (nSPS) is 17.1. The SMILES string of the molecule is Cc1cc(NC2CCc3ccccc3C2)ccc1C(=O)O. The highest BCUT2D eigenvalue weighted by Gasteiger charge is 2.18. The average Bonchev–Trinajstić information content (AvgIpc) is 2.47. The van der Waals surface area contributed by atoms with E-state index in [1.165, 1.54) is 11.1 Å². The number of carbonyl (C=O) groups is 1. The summed E-state index contributed by atoms with van der Waals surface area (Å²) in [5.74, 6) is -0.870. The number of aromatic carboxylic acids is 1. The molecule has 0 saturated heterocycles. The first-order valence-electron chi connectivity index (χ1n) is 7.31. The maximum atomic E-state index is 11.0. The van der Waals surface area contributed by atoms with Gasteiger partial charge in [-0.05, 0) is 61.1 Å². The third-order valence-corrected chi connectivity index (χ3v) is 4.17. The summed E-state index contributed by atoms with van der Waals surface area (Å²) in [7, 11) is 0. The van der Waals surface area contributed by atoms with Crippen molar-refractivity contribution < 1.29 is 9.90 Å². The quantitative estimate of drug-likeness (QED) is 0.902. The van der Waals surface area contributed by atoms with Crippen LogP contribution in [0.2, 0.25) is 0 Å². The Labute approximate surface area is 124 Å². The number of rotatable bonds is 3. The van der Waals surface area contributed by atoms with Gasteiger partial charge in [-0.15, -0.1) is 0 Å². The van der Waals surface area contributed by atoms with Crippen molar-refractivity contribution in [2.45, 2.75) is 32.2 Å². The fraction of sp³-hybridized carbons (Fsp3) is 0.278. The molecular formula is C18H19NO2. The van der Waals surface area contributed by atoms with Crippen molar-refractivity contribution in [1.82, 2.24) is 0 Å². The van der Waals surface area contributed by atoms with E-state index in [0.29, 0.717) is 11.6 Å². The summed E-state index contributed by atoms with van der Waals surface area (Å²) in [5, 5.41) is 12.6. The van der Waals surface area contributed by atoms with Crippen LogP contribution in [0.4, 0.5) is 5.69 Å². The molecule has 2 aromatic carbocycles. The van der Waals surface area contributed by atoms with E-state index in [2.05, 4.69) is 29.6 Å². The molecule has 0 heterocycles. The highest BCUT2D eigenvalue weighted by atomic mass is 16.4. The number of hydrogen-bond acceptors (Lipinski definition) is 2. The number of benzene rings is 2. The molecule has 0 amide bonds. The van der Waals surface area contributed by atoms with Gasteiger partial charge in [0.1, 0.15) is 0 Å². The number of hydrogen-bond donors (Lipinski definition) is 2. The summed E-state index contributed by atoms with van der Waals surface area (Å²) < 4.78 is 0. The van der Waals surface area contributed by atoms with E-state index in [4.69, 9.17) is 5.11 Å². The van der Waals surface area contributed by atoms with Crippen molar-refractivity contribution in [3.05, 3.63) is 64.7 Å². The van der Waals surface area contributed by atoms with E-state index >= 15 is 0 Å². The number of fused-ring (bicyclic) bond motifs is 1. The van der Waals surface area contributed by atoms with Crippen LogP contribution in [0.5, 0.6) is 0 Å². The van der Waals surface area contributed by atoms with Crippen LogP contribution in [-0.4, -0.2) is 17.1 Å². The van der Waals surface area contributed by atoms with Crippen LogP contribution < -0.4 is 5.32 Å². The van der Waals surface area contributed by atoms with Crippen molar-refractivity contribution in [2.24, 2.45) is 0 Å². The monoisotopic (exact) mass is 281 g/mol. The molecule has 0 spiro atoms. The third kappa shape index (κ3) is 2.92. The Morgan fingerprint density at radius 3 is 2.67 bits per heavy atom. The van der Waals surface area contributed by atoms with Gasteiger partial charge in [0, 0.05) is 11.7 Å². The van der Waals surface area contributed by atoms with Crippen molar-refractivity contribution in [3.63, 3.8) is 0 Å². The molecular weight excluding hydrogens is 262 g/mol. The van der Waals surface area contributed by atoms with Gasteiger partial charge in [-0.25, -0.2) is 4.79 Å². The zero-order valence-corrected chi connectivity index (χ0v) is 12.1. The first-order chi connectivity index (χ1) is 10.1. The van der Waals surface area contributed by atoms with Crippen LogP contribution >= 0.6 is 0 Å². The van der Waals surface area contributed by atoms with Gasteiger partial charge >= 0.3 is 5.97 Å². The number of nitrogens with one attached hydrogen (secondary N) is 1. The lowest BCUT2D eigenvalue weighted by Crippen LogP contribution is -2.27. The lowest BCUT2D eigenvalue weighted by molar-refractivity contribution is 0.0696. The second-order valence-corrected chi connectivity index (χ2v) is 5.69. The highest BCUT2D eigenvalue weighted by molar-refractivity contribution is 5.89. The zero-order valence-electron chi connectivity index (χ0n) is 12.1. The molecule has 108 valence electrons. The lowest BCUT2D eigenvalue weighted by atomic mass is 9.88. The van der Waals surface area contributed by atoms with Gasteiger partial charge in [0.25, 0.3) is 0 Å². The minimum absolute atomic E-state index is 0.370. The van der Waals surface area contributed by atoms with E-state index in [9.17, 15) is 4.79 Å². The topological polar surface area (TPSA) is 49.3 Å². The first kappa shape index (κ1) is 13.7. The van der Waals surface area contributed by atoms with Crippen molar-refractivity contribution >= 4 is 11.7 Å². The van der Waals surface area contributed by atoms with Gasteiger partial charge in [0.15, 0.2) is 0 Å². The number of carboxylic acids is 1. The summed E-state index contributed by atoms with van der Waals surface area (Å²) in [6.45, 7) is 1.84. The molecule has 0 fully saturated rings. The van der Waals surface area contributed by atoms with Crippen LogP contribution in [-0.2, 0) is 12.8 Å². The summed E-state index contributed by atoms with van der Waals surface area (Å²) in [6, 6.07) is 14.5. The summed E-state index contributed by atoms with van der Waals surface area (Å²) >= 11 is 0. The molecule has 3 heteroatoms. The minimum atomic E-state index is -0.870. The van der Waals surface area contributed by atoms with Crippen LogP contribution in [0, 0.1) is 6.92 Å². The Bertz CT molecular complexity index is 679. The van der Waals surface area contributed by atoms with Crippen molar-refractivity contribution in [3.8, 4) is 0 Å². The molecule has 2 aromatic rings. The first-order valence-corrected chi connectivity index (χ1v) is 7.31. The molecule has 0 aromatic heterocycles. The van der Waals surface area contributed by atoms with E-state index in [1.54, 1.807) is 6.07 Å². The average molecular weight is 281 g/mol. The molecule has 21 heavy (non-hydrogen) atoms. The Morgan fingerprint density at radius 2 is 1.95 bits per heavy atom. The van der Waals surface area contributed by atoms with Crippen molar-refractivity contribution in [1.29, 1.82) is 0 Å². The van der Waals surface area contributed by atoms with Gasteiger partial charge in [-0.3, -0.25) is 0 Å². The molecule has 2 N–H and O–H groups in total. The maximum Gasteiger partial charge on any atom is 0.335 e. The largest absolute Gasteiger partial charge is 0.478 e. The molecule has 1 aliphatic rings. The number of carboxylic acid groups (broad SMARTS) is 1. The third-order valence-electron chi connectivity index (χ3n) is 4.17. The number of aryl methyl sites for hydroxylation is 2. The Hall–Kier alpha value is -2.29. The number of anilines is 1. The smallest absolute Gasteiger partial charge is 0.335 e. The standard InChI is InChI=1S/C18H19NO2/c1-12-10-15(8-9-17(12)18(20)21)19-16-7-6-13-4-2-3-5-14(13)11-16/h2-5,8-10,16,19H,6-7,11H2,1H3,(H,20,21). The van der Waals surface area contributed by atoms with Crippen molar-refractivity contribution in [2.75, 3.05) is 5.32 Å². The van der Waals surface area contributed by atoms with Gasteiger partial charge in [-0.2, -0.15) is 0 Å². The Balaban J connectivity index is 1.73. The maximum absolute atomic E-state index is 11.0. The van der Waals surface area contributed by atoms with Gasteiger partial charge in [0.05, 0.1) is 5.56 Å².